The molecular formula is C31H50F3N5O5. The number of nitrogens with zero attached hydrogens (tertiary/aromatic N) is 2. The van der Waals surface area contributed by atoms with Gasteiger partial charge in [0.1, 0.15) is 12.6 Å². The number of fused-ring (bicyclic) bond motifs is 1. The Balaban J connectivity index is 0.000000276. The minimum absolute atomic E-state index is 0.0282. The molecule has 44 heavy (non-hydrogen) atoms. The summed E-state index contributed by atoms with van der Waals surface area (Å²) in [5.74, 6) is 0.792. The van der Waals surface area contributed by atoms with Crippen LogP contribution >= 0.6 is 0 Å². The molecule has 0 aromatic rings. The third-order valence-electron chi connectivity index (χ3n) is 8.66. The van der Waals surface area contributed by atoms with Gasteiger partial charge in [0, 0.05) is 30.5 Å². The molecule has 0 radical (unpaired) electrons. The molecule has 2 saturated heterocycles. The Morgan fingerprint density at radius 3 is 2.11 bits per heavy atom. The Kier molecular flexibility index (Phi) is 12.9. The van der Waals surface area contributed by atoms with E-state index in [2.05, 4.69) is 55.3 Å². The predicted molar refractivity (Wildman–Crippen MR) is 158 cm³/mol. The van der Waals surface area contributed by atoms with E-state index in [0.29, 0.717) is 50.6 Å². The molecule has 0 aromatic carbocycles. The molecule has 3 aliphatic carbocycles. The number of carbonyl (C=O) groups is 4. The van der Waals surface area contributed by atoms with E-state index < -0.39 is 30.3 Å². The molecule has 0 bridgehead atoms. The standard InChI is InChI=1S/C15H21F3N2O3.C10H13N3O2.C4H10.C2H6/c1-14(2)9-6-20(7-10(9)14)11(21)5-19-13(22)23-12(8-3-4-8)15(16,17)18;11-5-8(12-6-14)3-7-4-10(1-2-10)13-9(7)15;1-4(2)3;1-2/h8-10,12H,3-7H2,1-2H3,(H,19,22);6-8H,1-4H2,(H,12,14)(H,13,15);4H,1-3H3;1-2H3. The number of hydrogen-bond acceptors (Lipinski definition) is 6. The van der Waals surface area contributed by atoms with Crippen LogP contribution < -0.4 is 16.0 Å². The number of alkyl halides is 3. The van der Waals surface area contributed by atoms with Gasteiger partial charge in [-0.2, -0.15) is 18.4 Å². The maximum Gasteiger partial charge on any atom is 0.425 e. The maximum absolute atomic E-state index is 12.8. The van der Waals surface area contributed by atoms with Crippen molar-refractivity contribution < 1.29 is 37.1 Å². The summed E-state index contributed by atoms with van der Waals surface area (Å²) in [6.07, 6.45) is -3.17. The molecule has 1 spiro atoms. The number of halogens is 3. The van der Waals surface area contributed by atoms with Gasteiger partial charge in [-0.3, -0.25) is 14.4 Å². The van der Waals surface area contributed by atoms with Gasteiger partial charge in [-0.1, -0.05) is 48.5 Å². The van der Waals surface area contributed by atoms with Crippen LogP contribution in [0.1, 0.15) is 87.0 Å². The molecule has 3 N–H and O–H groups in total. The Hall–Kier alpha value is -3.04. The van der Waals surface area contributed by atoms with E-state index in [0.717, 1.165) is 25.2 Å². The van der Waals surface area contributed by atoms with E-state index in [1.54, 1.807) is 4.90 Å². The van der Waals surface area contributed by atoms with E-state index in [-0.39, 0.29) is 35.2 Å². The summed E-state index contributed by atoms with van der Waals surface area (Å²) < 4.78 is 42.7. The molecule has 5 aliphatic rings. The zero-order valence-electron chi connectivity index (χ0n) is 27.1. The second kappa shape index (κ2) is 15.3. The lowest BCUT2D eigenvalue weighted by molar-refractivity contribution is -0.209. The molecule has 3 saturated carbocycles. The zero-order chi connectivity index (χ0) is 33.5. The molecule has 2 heterocycles. The molecule has 2 aliphatic heterocycles. The molecule has 10 nitrogen and oxygen atoms in total. The topological polar surface area (TPSA) is 141 Å². The quantitative estimate of drug-likeness (QED) is 0.337. The van der Waals surface area contributed by atoms with Crippen LogP contribution in [0.4, 0.5) is 18.0 Å². The molecule has 4 amide bonds. The summed E-state index contributed by atoms with van der Waals surface area (Å²) in [5.41, 5.74) is 0.316. The lowest BCUT2D eigenvalue weighted by atomic mass is 9.96. The summed E-state index contributed by atoms with van der Waals surface area (Å²) in [5, 5.41) is 16.3. The van der Waals surface area contributed by atoms with E-state index >= 15 is 0 Å². The van der Waals surface area contributed by atoms with Gasteiger partial charge in [-0.25, -0.2) is 4.79 Å². The van der Waals surface area contributed by atoms with Gasteiger partial charge in [0.15, 0.2) is 0 Å². The van der Waals surface area contributed by atoms with Crippen LogP contribution in [0, 0.1) is 46.3 Å². The van der Waals surface area contributed by atoms with Crippen molar-refractivity contribution in [3.05, 3.63) is 0 Å². The first-order valence-electron chi connectivity index (χ1n) is 15.7. The fourth-order valence-electron chi connectivity index (χ4n) is 5.76. The first kappa shape index (κ1) is 37.1. The number of nitriles is 1. The van der Waals surface area contributed by atoms with Crippen LogP contribution in [-0.4, -0.2) is 72.7 Å². The number of carbonyl (C=O) groups excluding carboxylic acids is 4. The van der Waals surface area contributed by atoms with Crippen molar-refractivity contribution in [2.45, 2.75) is 111 Å². The number of hydrogen-bond donors (Lipinski definition) is 3. The number of alkyl carbamates (subject to hydrolysis) is 1. The Labute approximate surface area is 259 Å². The summed E-state index contributed by atoms with van der Waals surface area (Å²) >= 11 is 0. The van der Waals surface area contributed by atoms with Gasteiger partial charge in [0.2, 0.25) is 24.3 Å². The first-order valence-corrected chi connectivity index (χ1v) is 15.7. The molecule has 5 rings (SSSR count). The average Bonchev–Trinajstić information content (AvgIpc) is 3.89. The van der Waals surface area contributed by atoms with Crippen LogP contribution in [0.5, 0.6) is 0 Å². The molecule has 0 aromatic heterocycles. The van der Waals surface area contributed by atoms with Gasteiger partial charge >= 0.3 is 12.3 Å². The van der Waals surface area contributed by atoms with Gasteiger partial charge in [0.05, 0.1) is 6.07 Å². The van der Waals surface area contributed by atoms with Gasteiger partial charge < -0.3 is 25.6 Å². The Morgan fingerprint density at radius 2 is 1.70 bits per heavy atom. The number of ether oxygens (including phenoxy) is 1. The smallest absolute Gasteiger partial charge is 0.425 e. The molecule has 5 atom stereocenters. The lowest BCUT2D eigenvalue weighted by Gasteiger charge is -2.23. The second-order valence-corrected chi connectivity index (χ2v) is 13.5. The largest absolute Gasteiger partial charge is 0.436 e. The number of rotatable bonds is 8. The van der Waals surface area contributed by atoms with Crippen LogP contribution in [0.2, 0.25) is 0 Å². The number of likely N-dealkylation sites (tertiary alicyclic amines) is 1. The SMILES string of the molecule is CC.CC(C)C.CC1(C)C2CN(C(=O)CNC(=O)OC(C3CC3)C(F)(F)F)CC21.N#CC(CC1CC2(CC2)NC1=O)NC=O. The van der Waals surface area contributed by atoms with Crippen LogP contribution in [0.3, 0.4) is 0 Å². The highest BCUT2D eigenvalue weighted by atomic mass is 19.4. The summed E-state index contributed by atoms with van der Waals surface area (Å²) in [6.45, 7) is 15.8. The molecule has 250 valence electrons. The lowest BCUT2D eigenvalue weighted by Crippen LogP contribution is -2.44. The highest BCUT2D eigenvalue weighted by Crippen LogP contribution is 2.61. The van der Waals surface area contributed by atoms with Crippen molar-refractivity contribution in [2.75, 3.05) is 19.6 Å². The van der Waals surface area contributed by atoms with E-state index in [9.17, 15) is 32.3 Å². The zero-order valence-corrected chi connectivity index (χ0v) is 27.1. The highest BCUT2D eigenvalue weighted by molar-refractivity contribution is 5.83. The molecule has 5 fully saturated rings. The van der Waals surface area contributed by atoms with Crippen LogP contribution in [0.15, 0.2) is 0 Å². The van der Waals surface area contributed by atoms with E-state index in [1.807, 2.05) is 19.9 Å². The molecular weight excluding hydrogens is 579 g/mol. The van der Waals surface area contributed by atoms with Crippen molar-refractivity contribution in [1.82, 2.24) is 20.9 Å². The highest BCUT2D eigenvalue weighted by Gasteiger charge is 2.62. The number of piperidine rings is 1. The van der Waals surface area contributed by atoms with E-state index in [1.165, 1.54) is 0 Å². The molecule has 5 unspecified atom stereocenters. The van der Waals surface area contributed by atoms with Gasteiger partial charge in [-0.15, -0.1) is 0 Å². The van der Waals surface area contributed by atoms with Crippen molar-refractivity contribution in [3.8, 4) is 6.07 Å². The van der Waals surface area contributed by atoms with Gasteiger partial charge in [-0.05, 0) is 61.7 Å². The third-order valence-corrected chi connectivity index (χ3v) is 8.66. The fraction of sp³-hybridized carbons (Fsp3) is 0.839. The third kappa shape index (κ3) is 10.5. The summed E-state index contributed by atoms with van der Waals surface area (Å²) in [4.78, 5) is 46.9. The minimum Gasteiger partial charge on any atom is -0.436 e. The average molecular weight is 630 g/mol. The van der Waals surface area contributed by atoms with Crippen molar-refractivity contribution >= 4 is 24.3 Å². The summed E-state index contributed by atoms with van der Waals surface area (Å²) in [7, 11) is 0. The maximum atomic E-state index is 12.8. The van der Waals surface area contributed by atoms with Crippen molar-refractivity contribution in [1.29, 1.82) is 5.26 Å². The summed E-state index contributed by atoms with van der Waals surface area (Å²) in [6, 6.07) is 1.43. The normalized spacial score (nSPS) is 26.0. The van der Waals surface area contributed by atoms with Crippen molar-refractivity contribution in [2.24, 2.45) is 35.0 Å². The van der Waals surface area contributed by atoms with Crippen molar-refractivity contribution in [3.63, 3.8) is 0 Å². The van der Waals surface area contributed by atoms with Crippen LogP contribution in [0.25, 0.3) is 0 Å². The number of amides is 4. The second-order valence-electron chi connectivity index (χ2n) is 13.5. The monoisotopic (exact) mass is 629 g/mol. The minimum atomic E-state index is -4.57. The Bertz CT molecular complexity index is 1040. The predicted octanol–water partition coefficient (Wildman–Crippen LogP) is 4.54. The van der Waals surface area contributed by atoms with E-state index in [4.69, 9.17) is 5.26 Å². The Morgan fingerprint density at radius 1 is 1.16 bits per heavy atom. The fourth-order valence-corrected chi connectivity index (χ4v) is 5.76. The van der Waals surface area contributed by atoms with Gasteiger partial charge in [0.25, 0.3) is 0 Å². The van der Waals surface area contributed by atoms with Crippen LogP contribution in [-0.2, 0) is 19.1 Å². The first-order chi connectivity index (χ1) is 20.5. The number of nitrogens with one attached hydrogen (secondary N) is 3. The molecule has 13 heteroatoms.